The first kappa shape index (κ1) is 12.3. The molecule has 0 saturated heterocycles. The summed E-state index contributed by atoms with van der Waals surface area (Å²) in [5, 5.41) is 12.5. The van der Waals surface area contributed by atoms with Crippen molar-refractivity contribution in [2.75, 3.05) is 0 Å². The van der Waals surface area contributed by atoms with Crippen LogP contribution in [-0.2, 0) is 11.4 Å². The lowest BCUT2D eigenvalue weighted by Crippen LogP contribution is -1.97. The van der Waals surface area contributed by atoms with Crippen LogP contribution in [0.4, 0.5) is 0 Å². The predicted octanol–water partition coefficient (Wildman–Crippen LogP) is 3.27. The van der Waals surface area contributed by atoms with E-state index in [9.17, 15) is 0 Å². The van der Waals surface area contributed by atoms with Gasteiger partial charge in [-0.2, -0.15) is 5.26 Å². The van der Waals surface area contributed by atoms with E-state index in [1.165, 1.54) is 0 Å². The van der Waals surface area contributed by atoms with Crippen molar-refractivity contribution >= 4 is 5.71 Å². The summed E-state index contributed by atoms with van der Waals surface area (Å²) in [5.41, 5.74) is 2.04. The Hall–Kier alpha value is -1.82. The predicted molar refractivity (Wildman–Crippen MR) is 63.8 cm³/mol. The van der Waals surface area contributed by atoms with Crippen LogP contribution in [0.5, 0.6) is 0 Å². The van der Waals surface area contributed by atoms with Crippen LogP contribution in [-0.4, -0.2) is 5.71 Å². The summed E-state index contributed by atoms with van der Waals surface area (Å²) in [6, 6.07) is 12.0. The van der Waals surface area contributed by atoms with Gasteiger partial charge in [-0.25, -0.2) is 0 Å². The van der Waals surface area contributed by atoms with Gasteiger partial charge in [-0.1, -0.05) is 42.4 Å². The Labute approximate surface area is 96.3 Å². The van der Waals surface area contributed by atoms with Gasteiger partial charge in [0.2, 0.25) is 0 Å². The Balaban J connectivity index is 2.37. The monoisotopic (exact) mass is 216 g/mol. The summed E-state index contributed by atoms with van der Waals surface area (Å²) >= 11 is 0. The van der Waals surface area contributed by atoms with E-state index in [1.807, 2.05) is 37.3 Å². The fourth-order valence-corrected chi connectivity index (χ4v) is 1.26. The highest BCUT2D eigenvalue weighted by Crippen LogP contribution is 2.03. The van der Waals surface area contributed by atoms with E-state index in [-0.39, 0.29) is 0 Å². The Bertz CT molecular complexity index is 365. The first-order valence-corrected chi connectivity index (χ1v) is 5.45. The van der Waals surface area contributed by atoms with Gasteiger partial charge in [0, 0.05) is 12.8 Å². The van der Waals surface area contributed by atoms with Crippen LogP contribution in [0.3, 0.4) is 0 Å². The maximum Gasteiger partial charge on any atom is 0.142 e. The zero-order chi connectivity index (χ0) is 11.6. The van der Waals surface area contributed by atoms with E-state index in [4.69, 9.17) is 10.1 Å². The second kappa shape index (κ2) is 7.47. The van der Waals surface area contributed by atoms with Gasteiger partial charge in [0.05, 0.1) is 11.8 Å². The minimum absolute atomic E-state index is 0.483. The van der Waals surface area contributed by atoms with Crippen molar-refractivity contribution in [2.45, 2.75) is 32.8 Å². The Morgan fingerprint density at radius 1 is 1.38 bits per heavy atom. The molecule has 0 aromatic heterocycles. The average Bonchev–Trinajstić information content (AvgIpc) is 2.35. The summed E-state index contributed by atoms with van der Waals surface area (Å²) in [6.45, 7) is 2.50. The molecule has 0 bridgehead atoms. The molecule has 0 N–H and O–H groups in total. The number of rotatable bonds is 6. The van der Waals surface area contributed by atoms with Crippen LogP contribution in [0.2, 0.25) is 0 Å². The van der Waals surface area contributed by atoms with E-state index in [2.05, 4.69) is 11.2 Å². The minimum atomic E-state index is 0.483. The number of nitriles is 1. The van der Waals surface area contributed by atoms with Crippen LogP contribution in [0.1, 0.15) is 31.7 Å². The molecule has 16 heavy (non-hydrogen) atoms. The molecule has 0 spiro atoms. The molecule has 3 nitrogen and oxygen atoms in total. The van der Waals surface area contributed by atoms with E-state index in [0.717, 1.165) is 17.7 Å². The SMILES string of the molecule is CC/C(CCC#N)=N\OCc1ccccc1. The summed E-state index contributed by atoms with van der Waals surface area (Å²) < 4.78 is 0. The number of nitrogens with zero attached hydrogens (tertiary/aromatic N) is 2. The third-order valence-corrected chi connectivity index (χ3v) is 2.20. The van der Waals surface area contributed by atoms with E-state index in [0.29, 0.717) is 19.4 Å². The Morgan fingerprint density at radius 2 is 2.12 bits per heavy atom. The van der Waals surface area contributed by atoms with Crippen LogP contribution in [0.15, 0.2) is 35.5 Å². The molecule has 0 aliphatic rings. The normalized spacial score (nSPS) is 10.9. The quantitative estimate of drug-likeness (QED) is 0.541. The van der Waals surface area contributed by atoms with Crippen LogP contribution in [0.25, 0.3) is 0 Å². The molecule has 3 heteroatoms. The van der Waals surface area contributed by atoms with Crippen LogP contribution in [0, 0.1) is 11.3 Å². The highest BCUT2D eigenvalue weighted by molar-refractivity contribution is 5.83. The first-order chi connectivity index (χ1) is 7.86. The number of hydrogen-bond donors (Lipinski definition) is 0. The van der Waals surface area contributed by atoms with Crippen molar-refractivity contribution in [2.24, 2.45) is 5.16 Å². The first-order valence-electron chi connectivity index (χ1n) is 5.45. The number of benzene rings is 1. The van der Waals surface area contributed by atoms with E-state index in [1.54, 1.807) is 0 Å². The molecule has 0 saturated carbocycles. The zero-order valence-corrected chi connectivity index (χ0v) is 9.52. The molecule has 84 valence electrons. The fourth-order valence-electron chi connectivity index (χ4n) is 1.26. The lowest BCUT2D eigenvalue weighted by atomic mass is 10.2. The van der Waals surface area contributed by atoms with Crippen molar-refractivity contribution in [1.29, 1.82) is 5.26 Å². The lowest BCUT2D eigenvalue weighted by molar-refractivity contribution is 0.129. The molecule has 0 unspecified atom stereocenters. The molecular formula is C13H16N2O. The molecule has 1 rings (SSSR count). The lowest BCUT2D eigenvalue weighted by Gasteiger charge is -2.02. The summed E-state index contributed by atoms with van der Waals surface area (Å²) in [7, 11) is 0. The Kier molecular flexibility index (Phi) is 5.72. The Morgan fingerprint density at radius 3 is 2.75 bits per heavy atom. The third-order valence-electron chi connectivity index (χ3n) is 2.20. The van der Waals surface area contributed by atoms with E-state index < -0.39 is 0 Å². The molecule has 0 atom stereocenters. The van der Waals surface area contributed by atoms with Gasteiger partial charge < -0.3 is 4.84 Å². The van der Waals surface area contributed by atoms with Crippen molar-refractivity contribution in [3.05, 3.63) is 35.9 Å². The molecule has 0 fully saturated rings. The highest BCUT2D eigenvalue weighted by atomic mass is 16.6. The van der Waals surface area contributed by atoms with Gasteiger partial charge in [0.15, 0.2) is 0 Å². The van der Waals surface area contributed by atoms with Gasteiger partial charge in [-0.15, -0.1) is 0 Å². The molecule has 0 heterocycles. The van der Waals surface area contributed by atoms with Gasteiger partial charge in [-0.3, -0.25) is 0 Å². The fraction of sp³-hybridized carbons (Fsp3) is 0.385. The molecule has 0 aliphatic carbocycles. The van der Waals surface area contributed by atoms with Gasteiger partial charge in [0.25, 0.3) is 0 Å². The molecule has 1 aromatic rings. The van der Waals surface area contributed by atoms with Crippen molar-refractivity contribution in [3.8, 4) is 6.07 Å². The molecule has 0 radical (unpaired) electrons. The summed E-state index contributed by atoms with van der Waals surface area (Å²) in [6.07, 6.45) is 2.03. The smallest absolute Gasteiger partial charge is 0.142 e. The topological polar surface area (TPSA) is 45.4 Å². The maximum atomic E-state index is 8.47. The standard InChI is InChI=1S/C13H16N2O/c1-2-13(9-6-10-14)15-16-11-12-7-4-3-5-8-12/h3-5,7-8H,2,6,9,11H2,1H3/b15-13+. The van der Waals surface area contributed by atoms with Crippen molar-refractivity contribution in [1.82, 2.24) is 0 Å². The zero-order valence-electron chi connectivity index (χ0n) is 9.52. The molecule has 1 aromatic carbocycles. The summed E-state index contributed by atoms with van der Waals surface area (Å²) in [5.74, 6) is 0. The number of hydrogen-bond acceptors (Lipinski definition) is 3. The van der Waals surface area contributed by atoms with Crippen LogP contribution >= 0.6 is 0 Å². The van der Waals surface area contributed by atoms with Crippen molar-refractivity contribution in [3.63, 3.8) is 0 Å². The number of oxime groups is 1. The van der Waals surface area contributed by atoms with Gasteiger partial charge in [-0.05, 0) is 12.0 Å². The summed E-state index contributed by atoms with van der Waals surface area (Å²) in [4.78, 5) is 5.25. The van der Waals surface area contributed by atoms with Crippen LogP contribution < -0.4 is 0 Å². The second-order valence-electron chi connectivity index (χ2n) is 3.43. The van der Waals surface area contributed by atoms with Crippen molar-refractivity contribution < 1.29 is 4.84 Å². The highest BCUT2D eigenvalue weighted by Gasteiger charge is 1.97. The van der Waals surface area contributed by atoms with Gasteiger partial charge >= 0.3 is 0 Å². The maximum absolute atomic E-state index is 8.47. The molecular weight excluding hydrogens is 200 g/mol. The second-order valence-corrected chi connectivity index (χ2v) is 3.43. The van der Waals surface area contributed by atoms with Gasteiger partial charge in [0.1, 0.15) is 6.61 Å². The largest absolute Gasteiger partial charge is 0.391 e. The molecule has 0 aliphatic heterocycles. The average molecular weight is 216 g/mol. The van der Waals surface area contributed by atoms with E-state index >= 15 is 0 Å². The minimum Gasteiger partial charge on any atom is -0.391 e. The third kappa shape index (κ3) is 4.61. The molecule has 0 amide bonds.